The Morgan fingerprint density at radius 1 is 1.35 bits per heavy atom. The van der Waals surface area contributed by atoms with Crippen LogP contribution < -0.4 is 15.5 Å². The van der Waals surface area contributed by atoms with Crippen molar-refractivity contribution in [1.82, 2.24) is 10.3 Å². The standard InChI is InChI=1S/C12H15F3N4O/c13-12(14,15)7-11(20)18-10-2-1-9(8-17-10)19-5-3-16-4-6-19/h1-2,8,16H,3-7H2,(H,17,18,20). The van der Waals surface area contributed by atoms with Gasteiger partial charge >= 0.3 is 6.18 Å². The summed E-state index contributed by atoms with van der Waals surface area (Å²) in [5.41, 5.74) is 0.889. The van der Waals surface area contributed by atoms with E-state index in [1.807, 2.05) is 0 Å². The van der Waals surface area contributed by atoms with Crippen LogP contribution in [0.25, 0.3) is 0 Å². The minimum Gasteiger partial charge on any atom is -0.368 e. The molecule has 110 valence electrons. The summed E-state index contributed by atoms with van der Waals surface area (Å²) < 4.78 is 36.1. The molecular formula is C12H15F3N4O. The van der Waals surface area contributed by atoms with Gasteiger partial charge in [-0.25, -0.2) is 4.98 Å². The molecule has 0 aromatic carbocycles. The predicted octanol–water partition coefficient (Wildman–Crippen LogP) is 1.38. The summed E-state index contributed by atoms with van der Waals surface area (Å²) in [5, 5.41) is 5.35. The molecule has 1 saturated heterocycles. The van der Waals surface area contributed by atoms with Crippen molar-refractivity contribution in [2.45, 2.75) is 12.6 Å². The lowest BCUT2D eigenvalue weighted by atomic mass is 10.3. The molecule has 0 radical (unpaired) electrons. The van der Waals surface area contributed by atoms with Crippen LogP contribution in [0.3, 0.4) is 0 Å². The Morgan fingerprint density at radius 2 is 2.05 bits per heavy atom. The molecule has 0 unspecified atom stereocenters. The maximum Gasteiger partial charge on any atom is 0.397 e. The molecule has 1 fully saturated rings. The lowest BCUT2D eigenvalue weighted by molar-refractivity contribution is -0.150. The molecule has 8 heteroatoms. The van der Waals surface area contributed by atoms with Crippen LogP contribution in [-0.4, -0.2) is 43.2 Å². The molecule has 0 aliphatic carbocycles. The second-order valence-corrected chi connectivity index (χ2v) is 4.48. The fraction of sp³-hybridized carbons (Fsp3) is 0.500. The van der Waals surface area contributed by atoms with Gasteiger partial charge in [0.2, 0.25) is 5.91 Å². The van der Waals surface area contributed by atoms with Crippen molar-refractivity contribution in [2.24, 2.45) is 0 Å². The summed E-state index contributed by atoms with van der Waals surface area (Å²) in [6.45, 7) is 3.46. The summed E-state index contributed by atoms with van der Waals surface area (Å²) in [5.74, 6) is -0.988. The van der Waals surface area contributed by atoms with Gasteiger partial charge in [0.1, 0.15) is 12.2 Å². The zero-order valence-corrected chi connectivity index (χ0v) is 10.7. The van der Waals surface area contributed by atoms with Gasteiger partial charge in [-0.2, -0.15) is 13.2 Å². The Hall–Kier alpha value is -1.83. The Bertz CT molecular complexity index is 455. The number of amides is 1. The van der Waals surface area contributed by atoms with Gasteiger partial charge in [-0.3, -0.25) is 4.79 Å². The second-order valence-electron chi connectivity index (χ2n) is 4.48. The largest absolute Gasteiger partial charge is 0.397 e. The van der Waals surface area contributed by atoms with E-state index in [1.165, 1.54) is 6.07 Å². The number of piperazine rings is 1. The van der Waals surface area contributed by atoms with Gasteiger partial charge in [-0.05, 0) is 12.1 Å². The molecular weight excluding hydrogens is 273 g/mol. The number of aromatic nitrogens is 1. The Labute approximate surface area is 114 Å². The van der Waals surface area contributed by atoms with Crippen LogP contribution in [0.15, 0.2) is 18.3 Å². The van der Waals surface area contributed by atoms with E-state index in [9.17, 15) is 18.0 Å². The Kier molecular flexibility index (Phi) is 4.43. The van der Waals surface area contributed by atoms with E-state index < -0.39 is 18.5 Å². The topological polar surface area (TPSA) is 57.3 Å². The molecule has 0 bridgehead atoms. The minimum absolute atomic E-state index is 0.123. The number of carbonyl (C=O) groups excluding carboxylic acids is 1. The molecule has 1 aliphatic rings. The number of halogens is 3. The molecule has 2 heterocycles. The zero-order valence-electron chi connectivity index (χ0n) is 10.7. The van der Waals surface area contributed by atoms with E-state index in [0.29, 0.717) is 0 Å². The lowest BCUT2D eigenvalue weighted by Crippen LogP contribution is -2.43. The highest BCUT2D eigenvalue weighted by molar-refractivity contribution is 5.90. The SMILES string of the molecule is O=C(CC(F)(F)F)Nc1ccc(N2CCNCC2)cn1. The number of rotatable bonds is 3. The summed E-state index contributed by atoms with van der Waals surface area (Å²) in [4.78, 5) is 17.2. The number of hydrogen-bond donors (Lipinski definition) is 2. The van der Waals surface area contributed by atoms with Gasteiger partial charge in [0.25, 0.3) is 0 Å². The number of anilines is 2. The van der Waals surface area contributed by atoms with E-state index in [-0.39, 0.29) is 5.82 Å². The molecule has 0 spiro atoms. The number of nitrogens with one attached hydrogen (secondary N) is 2. The summed E-state index contributed by atoms with van der Waals surface area (Å²) >= 11 is 0. The molecule has 0 atom stereocenters. The van der Waals surface area contributed by atoms with E-state index in [4.69, 9.17) is 0 Å². The maximum atomic E-state index is 12.0. The number of nitrogens with zero attached hydrogens (tertiary/aromatic N) is 2. The Balaban J connectivity index is 1.92. The van der Waals surface area contributed by atoms with Crippen LogP contribution in [0.5, 0.6) is 0 Å². The predicted molar refractivity (Wildman–Crippen MR) is 68.6 cm³/mol. The van der Waals surface area contributed by atoms with Gasteiger partial charge in [0.15, 0.2) is 0 Å². The van der Waals surface area contributed by atoms with Gasteiger partial charge < -0.3 is 15.5 Å². The van der Waals surface area contributed by atoms with Gasteiger partial charge in [0, 0.05) is 26.2 Å². The fourth-order valence-electron chi connectivity index (χ4n) is 1.94. The molecule has 1 aromatic heterocycles. The van der Waals surface area contributed by atoms with Crippen LogP contribution in [0, 0.1) is 0 Å². The van der Waals surface area contributed by atoms with Crippen molar-refractivity contribution in [3.8, 4) is 0 Å². The van der Waals surface area contributed by atoms with Crippen LogP contribution in [0.1, 0.15) is 6.42 Å². The van der Waals surface area contributed by atoms with E-state index in [0.717, 1.165) is 31.9 Å². The molecule has 2 N–H and O–H groups in total. The first kappa shape index (κ1) is 14.6. The van der Waals surface area contributed by atoms with Crippen molar-refractivity contribution in [1.29, 1.82) is 0 Å². The zero-order chi connectivity index (χ0) is 14.6. The molecule has 1 aliphatic heterocycles. The van der Waals surface area contributed by atoms with Gasteiger partial charge in [-0.1, -0.05) is 0 Å². The van der Waals surface area contributed by atoms with Crippen molar-refractivity contribution in [3.05, 3.63) is 18.3 Å². The van der Waals surface area contributed by atoms with Gasteiger partial charge in [-0.15, -0.1) is 0 Å². The van der Waals surface area contributed by atoms with Crippen molar-refractivity contribution >= 4 is 17.4 Å². The molecule has 1 amide bonds. The highest BCUT2D eigenvalue weighted by Gasteiger charge is 2.31. The van der Waals surface area contributed by atoms with E-state index in [2.05, 4.69) is 20.5 Å². The Morgan fingerprint density at radius 3 is 2.60 bits per heavy atom. The van der Waals surface area contributed by atoms with E-state index >= 15 is 0 Å². The number of pyridine rings is 1. The van der Waals surface area contributed by atoms with Crippen LogP contribution in [0.2, 0.25) is 0 Å². The van der Waals surface area contributed by atoms with Crippen molar-refractivity contribution < 1.29 is 18.0 Å². The fourth-order valence-corrected chi connectivity index (χ4v) is 1.94. The minimum atomic E-state index is -4.51. The van der Waals surface area contributed by atoms with Crippen molar-refractivity contribution in [3.63, 3.8) is 0 Å². The quantitative estimate of drug-likeness (QED) is 0.882. The summed E-state index contributed by atoms with van der Waals surface area (Å²) in [7, 11) is 0. The van der Waals surface area contributed by atoms with Crippen molar-refractivity contribution in [2.75, 3.05) is 36.4 Å². The third kappa shape index (κ3) is 4.37. The number of hydrogen-bond acceptors (Lipinski definition) is 4. The average molecular weight is 288 g/mol. The first-order valence-electron chi connectivity index (χ1n) is 6.22. The molecule has 2 rings (SSSR count). The maximum absolute atomic E-state index is 12.0. The molecule has 20 heavy (non-hydrogen) atoms. The highest BCUT2D eigenvalue weighted by atomic mass is 19.4. The molecule has 0 saturated carbocycles. The third-order valence-corrected chi connectivity index (χ3v) is 2.86. The summed E-state index contributed by atoms with van der Waals surface area (Å²) in [6.07, 6.45) is -4.46. The second kappa shape index (κ2) is 6.08. The number of alkyl halides is 3. The first-order valence-corrected chi connectivity index (χ1v) is 6.22. The smallest absolute Gasteiger partial charge is 0.368 e. The van der Waals surface area contributed by atoms with Gasteiger partial charge in [0.05, 0.1) is 11.9 Å². The monoisotopic (exact) mass is 288 g/mol. The molecule has 1 aromatic rings. The summed E-state index contributed by atoms with van der Waals surface area (Å²) in [6, 6.07) is 3.24. The lowest BCUT2D eigenvalue weighted by Gasteiger charge is -2.29. The first-order chi connectivity index (χ1) is 9.44. The third-order valence-electron chi connectivity index (χ3n) is 2.86. The highest BCUT2D eigenvalue weighted by Crippen LogP contribution is 2.20. The molecule has 5 nitrogen and oxygen atoms in total. The van der Waals surface area contributed by atoms with Crippen LogP contribution in [0.4, 0.5) is 24.7 Å². The normalized spacial score (nSPS) is 16.1. The van der Waals surface area contributed by atoms with E-state index in [1.54, 1.807) is 12.3 Å². The number of carbonyl (C=O) groups is 1. The van der Waals surface area contributed by atoms with Crippen LogP contribution in [-0.2, 0) is 4.79 Å². The average Bonchev–Trinajstić information content (AvgIpc) is 2.38. The van der Waals surface area contributed by atoms with Crippen LogP contribution >= 0.6 is 0 Å².